The second kappa shape index (κ2) is 9.49. The Bertz CT molecular complexity index is 1110. The smallest absolute Gasteiger partial charge is 0.340 e. The lowest BCUT2D eigenvalue weighted by Crippen LogP contribution is -2.37. The zero-order valence-electron chi connectivity index (χ0n) is 17.5. The van der Waals surface area contributed by atoms with Crippen molar-refractivity contribution < 1.29 is 14.3 Å². The van der Waals surface area contributed by atoms with E-state index in [0.29, 0.717) is 21.4 Å². The number of ether oxygens (including phenoxy) is 1. The Kier molecular flexibility index (Phi) is 6.97. The van der Waals surface area contributed by atoms with Crippen molar-refractivity contribution in [3.8, 4) is 5.82 Å². The molecule has 0 radical (unpaired) electrons. The molecule has 3 rings (SSSR count). The van der Waals surface area contributed by atoms with Gasteiger partial charge in [-0.3, -0.25) is 4.79 Å². The lowest BCUT2D eigenvalue weighted by Gasteiger charge is -2.19. The average Bonchev–Trinajstić information content (AvgIpc) is 3.05. The second-order valence-corrected chi connectivity index (χ2v) is 8.03. The Labute approximate surface area is 190 Å². The van der Waals surface area contributed by atoms with Crippen LogP contribution in [-0.2, 0) is 9.53 Å². The highest BCUT2D eigenvalue weighted by Gasteiger charge is 2.22. The molecule has 0 spiro atoms. The second-order valence-electron chi connectivity index (χ2n) is 7.19. The number of carbonyl (C=O) groups excluding carboxylic acids is 2. The SMILES string of the molecule is Cc1cc(C)n(-c2ccc(C(=O)OC(C)C(=O)NC(C)c3ccc(Cl)cc3Cl)cn2)n1. The van der Waals surface area contributed by atoms with E-state index < -0.39 is 18.0 Å². The average molecular weight is 461 g/mol. The minimum absolute atomic E-state index is 0.235. The number of rotatable bonds is 6. The predicted molar refractivity (Wildman–Crippen MR) is 119 cm³/mol. The summed E-state index contributed by atoms with van der Waals surface area (Å²) in [6.45, 7) is 7.09. The number of aryl methyl sites for hydroxylation is 2. The molecule has 0 fully saturated rings. The Morgan fingerprint density at radius 3 is 2.42 bits per heavy atom. The third-order valence-corrected chi connectivity index (χ3v) is 5.21. The number of carbonyl (C=O) groups is 2. The molecule has 0 saturated heterocycles. The molecule has 3 aromatic rings. The van der Waals surface area contributed by atoms with Gasteiger partial charge in [-0.25, -0.2) is 14.5 Å². The maximum absolute atomic E-state index is 12.5. The molecule has 2 atom stereocenters. The van der Waals surface area contributed by atoms with Crippen molar-refractivity contribution in [2.24, 2.45) is 0 Å². The van der Waals surface area contributed by atoms with E-state index in [2.05, 4.69) is 15.4 Å². The number of hydrogen-bond acceptors (Lipinski definition) is 5. The van der Waals surface area contributed by atoms with E-state index in [1.165, 1.54) is 13.1 Å². The first-order chi connectivity index (χ1) is 14.7. The van der Waals surface area contributed by atoms with Crippen molar-refractivity contribution in [3.05, 3.63) is 75.2 Å². The molecule has 1 amide bonds. The van der Waals surface area contributed by atoms with Gasteiger partial charge in [-0.15, -0.1) is 0 Å². The fourth-order valence-electron chi connectivity index (χ4n) is 3.04. The molecule has 0 aliphatic rings. The molecule has 2 unspecified atom stereocenters. The van der Waals surface area contributed by atoms with Crippen LogP contribution in [0.4, 0.5) is 0 Å². The molecule has 0 aliphatic carbocycles. The number of esters is 1. The summed E-state index contributed by atoms with van der Waals surface area (Å²) < 4.78 is 6.97. The first-order valence-corrected chi connectivity index (χ1v) is 10.4. The third-order valence-electron chi connectivity index (χ3n) is 4.65. The first kappa shape index (κ1) is 22.8. The minimum atomic E-state index is -1.00. The van der Waals surface area contributed by atoms with E-state index in [-0.39, 0.29) is 11.6 Å². The van der Waals surface area contributed by atoms with Gasteiger partial charge in [0.1, 0.15) is 0 Å². The molecule has 162 valence electrons. The largest absolute Gasteiger partial charge is 0.449 e. The van der Waals surface area contributed by atoms with Crippen LogP contribution in [0.2, 0.25) is 10.0 Å². The van der Waals surface area contributed by atoms with Gasteiger partial charge >= 0.3 is 5.97 Å². The summed E-state index contributed by atoms with van der Waals surface area (Å²) >= 11 is 12.1. The predicted octanol–water partition coefficient (Wildman–Crippen LogP) is 4.61. The van der Waals surface area contributed by atoms with Crippen LogP contribution in [-0.4, -0.2) is 32.7 Å². The lowest BCUT2D eigenvalue weighted by atomic mass is 10.1. The zero-order valence-corrected chi connectivity index (χ0v) is 19.0. The van der Waals surface area contributed by atoms with Crippen LogP contribution in [0.25, 0.3) is 5.82 Å². The molecular formula is C22H22Cl2N4O3. The van der Waals surface area contributed by atoms with Crippen LogP contribution in [0, 0.1) is 13.8 Å². The van der Waals surface area contributed by atoms with Crippen LogP contribution < -0.4 is 5.32 Å². The van der Waals surface area contributed by atoms with Gasteiger partial charge in [-0.05, 0) is 63.6 Å². The van der Waals surface area contributed by atoms with E-state index >= 15 is 0 Å². The number of aromatic nitrogens is 3. The zero-order chi connectivity index (χ0) is 22.7. The van der Waals surface area contributed by atoms with E-state index in [1.807, 2.05) is 19.9 Å². The number of nitrogens with one attached hydrogen (secondary N) is 1. The summed E-state index contributed by atoms with van der Waals surface area (Å²) in [7, 11) is 0. The van der Waals surface area contributed by atoms with E-state index in [4.69, 9.17) is 27.9 Å². The Hall–Kier alpha value is -2.90. The van der Waals surface area contributed by atoms with Gasteiger partial charge in [0.2, 0.25) is 0 Å². The Balaban J connectivity index is 1.61. The maximum atomic E-state index is 12.5. The van der Waals surface area contributed by atoms with Crippen molar-refractivity contribution in [1.29, 1.82) is 0 Å². The van der Waals surface area contributed by atoms with Crippen molar-refractivity contribution in [3.63, 3.8) is 0 Å². The Morgan fingerprint density at radius 1 is 1.10 bits per heavy atom. The maximum Gasteiger partial charge on any atom is 0.340 e. The quantitative estimate of drug-likeness (QED) is 0.542. The van der Waals surface area contributed by atoms with Crippen molar-refractivity contribution in [2.45, 2.75) is 39.8 Å². The molecule has 1 N–H and O–H groups in total. The van der Waals surface area contributed by atoms with Crippen LogP contribution in [0.1, 0.15) is 47.2 Å². The first-order valence-electron chi connectivity index (χ1n) is 9.61. The molecule has 2 heterocycles. The number of halogens is 2. The number of pyridine rings is 1. The van der Waals surface area contributed by atoms with Gasteiger partial charge in [0.15, 0.2) is 11.9 Å². The Morgan fingerprint density at radius 2 is 1.84 bits per heavy atom. The molecule has 31 heavy (non-hydrogen) atoms. The number of hydrogen-bond donors (Lipinski definition) is 1. The van der Waals surface area contributed by atoms with Crippen molar-refractivity contribution >= 4 is 35.1 Å². The normalized spacial score (nSPS) is 12.8. The molecule has 1 aromatic carbocycles. The lowest BCUT2D eigenvalue weighted by molar-refractivity contribution is -0.129. The number of amides is 1. The molecule has 0 aliphatic heterocycles. The summed E-state index contributed by atoms with van der Waals surface area (Å²) in [5, 5.41) is 8.09. The third kappa shape index (κ3) is 5.42. The van der Waals surface area contributed by atoms with Crippen molar-refractivity contribution in [1.82, 2.24) is 20.1 Å². The van der Waals surface area contributed by atoms with Gasteiger partial charge < -0.3 is 10.1 Å². The van der Waals surface area contributed by atoms with Gasteiger partial charge in [0.05, 0.1) is 17.3 Å². The highest BCUT2D eigenvalue weighted by Crippen LogP contribution is 2.26. The van der Waals surface area contributed by atoms with Crippen molar-refractivity contribution in [2.75, 3.05) is 0 Å². The minimum Gasteiger partial charge on any atom is -0.449 e. The summed E-state index contributed by atoms with van der Waals surface area (Å²) in [6, 6.07) is 9.84. The summed E-state index contributed by atoms with van der Waals surface area (Å²) in [5.74, 6) is -0.507. The fraction of sp³-hybridized carbons (Fsp3) is 0.273. The van der Waals surface area contributed by atoms with Crippen LogP contribution >= 0.6 is 23.2 Å². The summed E-state index contributed by atoms with van der Waals surface area (Å²) in [6.07, 6.45) is 0.395. The van der Waals surface area contributed by atoms with Gasteiger partial charge in [-0.1, -0.05) is 29.3 Å². The van der Waals surface area contributed by atoms with E-state index in [9.17, 15) is 9.59 Å². The molecule has 0 bridgehead atoms. The molecule has 2 aromatic heterocycles. The molecule has 0 saturated carbocycles. The number of benzene rings is 1. The van der Waals surface area contributed by atoms with Crippen LogP contribution in [0.15, 0.2) is 42.6 Å². The van der Waals surface area contributed by atoms with E-state index in [1.54, 1.807) is 41.9 Å². The topological polar surface area (TPSA) is 86.1 Å². The van der Waals surface area contributed by atoms with Crippen LogP contribution in [0.3, 0.4) is 0 Å². The summed E-state index contributed by atoms with van der Waals surface area (Å²) in [5.41, 5.74) is 2.75. The van der Waals surface area contributed by atoms with Gasteiger partial charge in [0, 0.05) is 21.9 Å². The molecular weight excluding hydrogens is 439 g/mol. The van der Waals surface area contributed by atoms with Gasteiger partial charge in [0.25, 0.3) is 5.91 Å². The fourth-order valence-corrected chi connectivity index (χ4v) is 3.61. The van der Waals surface area contributed by atoms with Crippen LogP contribution in [0.5, 0.6) is 0 Å². The van der Waals surface area contributed by atoms with E-state index in [0.717, 1.165) is 11.4 Å². The monoisotopic (exact) mass is 460 g/mol. The highest BCUT2D eigenvalue weighted by molar-refractivity contribution is 6.35. The standard InChI is InChI=1S/C22H22Cl2N4O3/c1-12-9-13(2)28(27-12)20-8-5-16(11-25-20)22(30)31-15(4)21(29)26-14(3)18-7-6-17(23)10-19(18)24/h5-11,14-15H,1-4H3,(H,26,29). The summed E-state index contributed by atoms with van der Waals surface area (Å²) in [4.78, 5) is 29.2. The molecule has 9 heteroatoms. The molecule has 7 nitrogen and oxygen atoms in total. The number of nitrogens with zero attached hydrogens (tertiary/aromatic N) is 3. The highest BCUT2D eigenvalue weighted by atomic mass is 35.5. The van der Waals surface area contributed by atoms with Gasteiger partial charge in [-0.2, -0.15) is 5.10 Å².